The maximum atomic E-state index is 11.2. The number of methoxy groups -OCH3 is 1. The van der Waals surface area contributed by atoms with Crippen molar-refractivity contribution in [3.8, 4) is 11.9 Å². The molecule has 0 atom stereocenters. The average molecular weight is 191 g/mol. The van der Waals surface area contributed by atoms with Gasteiger partial charge in [0.2, 0.25) is 0 Å². The molecule has 14 heavy (non-hydrogen) atoms. The second-order valence-corrected chi connectivity index (χ2v) is 2.52. The molecule has 0 aliphatic heterocycles. The molecule has 0 bridgehead atoms. The van der Waals surface area contributed by atoms with Crippen LogP contribution in [0.2, 0.25) is 0 Å². The summed E-state index contributed by atoms with van der Waals surface area (Å²) >= 11 is 0. The van der Waals surface area contributed by atoms with Crippen LogP contribution in [0, 0.1) is 11.5 Å². The Morgan fingerprint density at radius 1 is 1.64 bits per heavy atom. The van der Waals surface area contributed by atoms with Crippen LogP contribution < -0.4 is 15.8 Å². The molecule has 3 N–H and O–H groups in total. The number of nitrogens with one attached hydrogen (secondary N) is 1. The van der Waals surface area contributed by atoms with E-state index in [-0.39, 0.29) is 11.3 Å². The zero-order valence-electron chi connectivity index (χ0n) is 7.57. The van der Waals surface area contributed by atoms with Crippen molar-refractivity contribution in [3.63, 3.8) is 0 Å². The number of amides is 1. The van der Waals surface area contributed by atoms with Gasteiger partial charge in [0.05, 0.1) is 12.7 Å². The fourth-order valence-corrected chi connectivity index (χ4v) is 0.993. The highest BCUT2D eigenvalue weighted by atomic mass is 16.5. The highest BCUT2D eigenvalue weighted by molar-refractivity contribution is 6.00. The maximum absolute atomic E-state index is 11.2. The quantitative estimate of drug-likeness (QED) is 0.404. The number of hydrogen-bond acceptors (Lipinski definition) is 4. The van der Waals surface area contributed by atoms with Crippen LogP contribution in [0.4, 0.5) is 5.69 Å². The topological polar surface area (TPSA) is 88.1 Å². The molecule has 5 heteroatoms. The van der Waals surface area contributed by atoms with Gasteiger partial charge in [-0.1, -0.05) is 0 Å². The molecule has 0 unspecified atom stereocenters. The van der Waals surface area contributed by atoms with Crippen molar-refractivity contribution in [2.24, 2.45) is 0 Å². The first-order valence-corrected chi connectivity index (χ1v) is 3.82. The third-order valence-electron chi connectivity index (χ3n) is 1.67. The lowest BCUT2D eigenvalue weighted by Crippen LogP contribution is -2.18. The van der Waals surface area contributed by atoms with E-state index in [0.29, 0.717) is 5.75 Å². The minimum atomic E-state index is -0.521. The molecule has 0 spiro atoms. The van der Waals surface area contributed by atoms with E-state index in [1.165, 1.54) is 25.4 Å². The van der Waals surface area contributed by atoms with E-state index in [0.717, 1.165) is 0 Å². The number of carbonyl (C=O) groups excluding carboxylic acids is 1. The fourth-order valence-electron chi connectivity index (χ4n) is 0.993. The van der Waals surface area contributed by atoms with Gasteiger partial charge in [0.15, 0.2) is 6.19 Å². The molecule has 0 aliphatic carbocycles. The van der Waals surface area contributed by atoms with Gasteiger partial charge in [-0.05, 0) is 12.1 Å². The normalized spacial score (nSPS) is 8.86. The first-order chi connectivity index (χ1) is 6.69. The minimum absolute atomic E-state index is 0.257. The van der Waals surface area contributed by atoms with Crippen LogP contribution in [-0.2, 0) is 0 Å². The third kappa shape index (κ3) is 1.93. The summed E-state index contributed by atoms with van der Waals surface area (Å²) in [4.78, 5) is 11.2. The summed E-state index contributed by atoms with van der Waals surface area (Å²) in [5.41, 5.74) is 6.11. The molecule has 1 amide bonds. The number of nitrogens with zero attached hydrogens (tertiary/aromatic N) is 1. The van der Waals surface area contributed by atoms with Crippen molar-refractivity contribution in [2.45, 2.75) is 0 Å². The largest absolute Gasteiger partial charge is 0.497 e. The minimum Gasteiger partial charge on any atom is -0.497 e. The van der Waals surface area contributed by atoms with Gasteiger partial charge < -0.3 is 10.5 Å². The van der Waals surface area contributed by atoms with E-state index < -0.39 is 5.91 Å². The number of nitrogen functional groups attached to an aromatic ring is 1. The molecule has 1 aromatic carbocycles. The summed E-state index contributed by atoms with van der Waals surface area (Å²) in [5, 5.41) is 10.2. The van der Waals surface area contributed by atoms with Gasteiger partial charge in [-0.3, -0.25) is 10.1 Å². The van der Waals surface area contributed by atoms with Gasteiger partial charge >= 0.3 is 0 Å². The van der Waals surface area contributed by atoms with Crippen molar-refractivity contribution >= 4 is 11.6 Å². The van der Waals surface area contributed by atoms with E-state index in [1.54, 1.807) is 6.07 Å². The molecule has 5 nitrogen and oxygen atoms in total. The monoisotopic (exact) mass is 191 g/mol. The van der Waals surface area contributed by atoms with Gasteiger partial charge in [-0.25, -0.2) is 0 Å². The molecule has 1 aromatic rings. The number of anilines is 1. The van der Waals surface area contributed by atoms with Gasteiger partial charge in [0, 0.05) is 11.8 Å². The van der Waals surface area contributed by atoms with Crippen LogP contribution in [0.1, 0.15) is 10.4 Å². The van der Waals surface area contributed by atoms with Crippen molar-refractivity contribution in [1.29, 1.82) is 5.26 Å². The first kappa shape index (κ1) is 9.86. The number of hydrogen-bond donors (Lipinski definition) is 2. The van der Waals surface area contributed by atoms with Gasteiger partial charge in [-0.15, -0.1) is 0 Å². The predicted molar refractivity (Wildman–Crippen MR) is 50.5 cm³/mol. The molecule has 1 rings (SSSR count). The number of carbonyl (C=O) groups is 1. The van der Waals surface area contributed by atoms with Crippen LogP contribution in [-0.4, -0.2) is 13.0 Å². The number of rotatable bonds is 2. The fraction of sp³-hybridized carbons (Fsp3) is 0.111. The van der Waals surface area contributed by atoms with Crippen molar-refractivity contribution < 1.29 is 9.53 Å². The average Bonchev–Trinajstić information content (AvgIpc) is 2.17. The Kier molecular flexibility index (Phi) is 2.92. The van der Waals surface area contributed by atoms with E-state index in [2.05, 4.69) is 0 Å². The molecule has 0 aliphatic rings. The standard InChI is InChI=1S/C9H9N3O2/c1-14-6-2-3-7(8(11)4-6)9(13)12-5-10/h2-4H,11H2,1H3,(H,12,13). The zero-order chi connectivity index (χ0) is 10.6. The number of benzene rings is 1. The Bertz CT molecular complexity index is 396. The van der Waals surface area contributed by atoms with Crippen molar-refractivity contribution in [2.75, 3.05) is 12.8 Å². The molecule has 72 valence electrons. The molecule has 0 fully saturated rings. The zero-order valence-corrected chi connectivity index (χ0v) is 7.57. The van der Waals surface area contributed by atoms with E-state index in [9.17, 15) is 4.79 Å². The van der Waals surface area contributed by atoms with E-state index >= 15 is 0 Å². The number of ether oxygens (including phenoxy) is 1. The molecule has 0 saturated carbocycles. The Balaban J connectivity index is 3.01. The Morgan fingerprint density at radius 2 is 2.36 bits per heavy atom. The van der Waals surface area contributed by atoms with Crippen LogP contribution >= 0.6 is 0 Å². The molecular weight excluding hydrogens is 182 g/mol. The second-order valence-electron chi connectivity index (χ2n) is 2.52. The number of nitrogens with two attached hydrogens (primary N) is 1. The van der Waals surface area contributed by atoms with Gasteiger partial charge in [0.1, 0.15) is 5.75 Å². The number of nitriles is 1. The van der Waals surface area contributed by atoms with Crippen molar-refractivity contribution in [1.82, 2.24) is 5.32 Å². The lowest BCUT2D eigenvalue weighted by Gasteiger charge is -2.05. The summed E-state index contributed by atoms with van der Waals surface area (Å²) < 4.78 is 4.91. The lowest BCUT2D eigenvalue weighted by molar-refractivity contribution is 0.0973. The maximum Gasteiger partial charge on any atom is 0.266 e. The Hall–Kier alpha value is -2.22. The van der Waals surface area contributed by atoms with Crippen LogP contribution in [0.3, 0.4) is 0 Å². The van der Waals surface area contributed by atoms with E-state index in [4.69, 9.17) is 15.7 Å². The Labute approximate surface area is 81.1 Å². The smallest absolute Gasteiger partial charge is 0.266 e. The SMILES string of the molecule is COc1ccc(C(=O)NC#N)c(N)c1. The summed E-state index contributed by atoms with van der Waals surface area (Å²) in [7, 11) is 1.50. The highest BCUT2D eigenvalue weighted by Gasteiger charge is 2.09. The third-order valence-corrected chi connectivity index (χ3v) is 1.67. The summed E-state index contributed by atoms with van der Waals surface area (Å²) in [6.45, 7) is 0. The van der Waals surface area contributed by atoms with Crippen LogP contribution in [0.5, 0.6) is 5.75 Å². The van der Waals surface area contributed by atoms with Gasteiger partial charge in [-0.2, -0.15) is 5.26 Å². The van der Waals surface area contributed by atoms with Crippen LogP contribution in [0.15, 0.2) is 18.2 Å². The second kappa shape index (κ2) is 4.14. The molecule has 0 aromatic heterocycles. The Morgan fingerprint density at radius 3 is 2.86 bits per heavy atom. The summed E-state index contributed by atoms with van der Waals surface area (Å²) in [5.74, 6) is 0.0451. The lowest BCUT2D eigenvalue weighted by atomic mass is 10.1. The molecular formula is C9H9N3O2. The predicted octanol–water partition coefficient (Wildman–Crippen LogP) is 0.488. The molecule has 0 radical (unpaired) electrons. The van der Waals surface area contributed by atoms with Gasteiger partial charge in [0.25, 0.3) is 5.91 Å². The molecule has 0 saturated heterocycles. The highest BCUT2D eigenvalue weighted by Crippen LogP contribution is 2.19. The summed E-state index contributed by atoms with van der Waals surface area (Å²) in [6.07, 6.45) is 1.54. The van der Waals surface area contributed by atoms with Crippen LogP contribution in [0.25, 0.3) is 0 Å². The van der Waals surface area contributed by atoms with E-state index in [1.807, 2.05) is 5.32 Å². The summed E-state index contributed by atoms with van der Waals surface area (Å²) in [6, 6.07) is 4.62. The van der Waals surface area contributed by atoms with Crippen molar-refractivity contribution in [3.05, 3.63) is 23.8 Å². The first-order valence-electron chi connectivity index (χ1n) is 3.82. The molecule has 0 heterocycles.